The lowest BCUT2D eigenvalue weighted by Gasteiger charge is -2.32. The zero-order valence-corrected chi connectivity index (χ0v) is 14.6. The fourth-order valence-corrected chi connectivity index (χ4v) is 3.85. The van der Waals surface area contributed by atoms with Gasteiger partial charge in [0.25, 0.3) is 5.91 Å². The van der Waals surface area contributed by atoms with E-state index in [-0.39, 0.29) is 29.4 Å². The zero-order chi connectivity index (χ0) is 17.6. The quantitative estimate of drug-likeness (QED) is 0.818. The Morgan fingerprint density at radius 2 is 2.12 bits per heavy atom. The average molecular weight is 349 g/mol. The zero-order valence-electron chi connectivity index (χ0n) is 13.8. The van der Waals surface area contributed by atoms with Gasteiger partial charge in [0.15, 0.2) is 0 Å². The molecular formula is C16H19N3O4S. The third-order valence-electron chi connectivity index (χ3n) is 3.97. The fourth-order valence-electron chi connectivity index (χ4n) is 2.87. The van der Waals surface area contributed by atoms with E-state index in [9.17, 15) is 9.59 Å². The Bertz CT molecular complexity index is 857. The number of primary amides is 1. The normalized spacial score (nSPS) is 16.0. The number of carbonyl (C=O) groups excluding carboxylic acids is 2. The molecule has 0 unspecified atom stereocenters. The van der Waals surface area contributed by atoms with Crippen molar-refractivity contribution in [2.24, 2.45) is 5.73 Å². The molecule has 4 N–H and O–H groups in total. The fraction of sp³-hybridized carbons (Fsp3) is 0.438. The van der Waals surface area contributed by atoms with Crippen molar-refractivity contribution in [1.29, 1.82) is 0 Å². The SMILES string of the molecule is CCOC(=O)c1c2c(nc3sc(C(N)=O)c(N)c13)CC(C)(C)OC2. The van der Waals surface area contributed by atoms with Crippen molar-refractivity contribution < 1.29 is 19.1 Å². The van der Waals surface area contributed by atoms with Gasteiger partial charge in [0, 0.05) is 12.0 Å². The summed E-state index contributed by atoms with van der Waals surface area (Å²) in [6.07, 6.45) is 0.550. The molecule has 3 rings (SSSR count). The molecule has 3 heterocycles. The monoisotopic (exact) mass is 349 g/mol. The number of rotatable bonds is 3. The van der Waals surface area contributed by atoms with Crippen LogP contribution in [-0.4, -0.2) is 29.1 Å². The molecule has 24 heavy (non-hydrogen) atoms. The van der Waals surface area contributed by atoms with Gasteiger partial charge in [-0.2, -0.15) is 0 Å². The van der Waals surface area contributed by atoms with Crippen LogP contribution in [0.4, 0.5) is 5.69 Å². The first-order valence-corrected chi connectivity index (χ1v) is 8.41. The number of aromatic nitrogens is 1. The number of nitrogens with two attached hydrogens (primary N) is 2. The highest BCUT2D eigenvalue weighted by molar-refractivity contribution is 7.21. The van der Waals surface area contributed by atoms with E-state index in [2.05, 4.69) is 4.98 Å². The van der Waals surface area contributed by atoms with Gasteiger partial charge in [-0.1, -0.05) is 0 Å². The Labute approximate surface area is 142 Å². The number of hydrogen-bond donors (Lipinski definition) is 2. The molecule has 1 aliphatic rings. The predicted molar refractivity (Wildman–Crippen MR) is 91.1 cm³/mol. The Kier molecular flexibility index (Phi) is 3.97. The number of nitrogen functional groups attached to an aromatic ring is 1. The maximum Gasteiger partial charge on any atom is 0.339 e. The van der Waals surface area contributed by atoms with Gasteiger partial charge in [0.05, 0.1) is 41.1 Å². The predicted octanol–water partition coefficient (Wildman–Crippen LogP) is 2.01. The number of thiophene rings is 1. The molecule has 2 aromatic rings. The summed E-state index contributed by atoms with van der Waals surface area (Å²) in [7, 11) is 0. The second-order valence-electron chi connectivity index (χ2n) is 6.25. The lowest BCUT2D eigenvalue weighted by atomic mass is 9.92. The number of fused-ring (bicyclic) bond motifs is 2. The van der Waals surface area contributed by atoms with Gasteiger partial charge in [-0.3, -0.25) is 4.79 Å². The van der Waals surface area contributed by atoms with Crippen molar-refractivity contribution in [2.45, 2.75) is 39.4 Å². The molecule has 0 radical (unpaired) electrons. The molecule has 2 aromatic heterocycles. The molecule has 0 saturated carbocycles. The van der Waals surface area contributed by atoms with Crippen LogP contribution in [0.15, 0.2) is 0 Å². The minimum Gasteiger partial charge on any atom is -0.462 e. The van der Waals surface area contributed by atoms with Crippen molar-refractivity contribution >= 4 is 39.1 Å². The molecule has 1 aliphatic heterocycles. The van der Waals surface area contributed by atoms with E-state index >= 15 is 0 Å². The molecule has 0 bridgehead atoms. The third-order valence-corrected chi connectivity index (χ3v) is 5.08. The van der Waals surface area contributed by atoms with Crippen LogP contribution in [0.1, 0.15) is 52.1 Å². The number of amides is 1. The van der Waals surface area contributed by atoms with Crippen LogP contribution in [0.5, 0.6) is 0 Å². The first kappa shape index (κ1) is 16.7. The summed E-state index contributed by atoms with van der Waals surface area (Å²) in [5.74, 6) is -1.13. The Morgan fingerprint density at radius 3 is 2.75 bits per heavy atom. The Balaban J connectivity index is 2.33. The summed E-state index contributed by atoms with van der Waals surface area (Å²) < 4.78 is 11.0. The van der Waals surface area contributed by atoms with Gasteiger partial charge in [0.1, 0.15) is 9.71 Å². The summed E-state index contributed by atoms with van der Waals surface area (Å²) in [6.45, 7) is 6.12. The summed E-state index contributed by atoms with van der Waals surface area (Å²) in [4.78, 5) is 29.5. The van der Waals surface area contributed by atoms with Crippen LogP contribution in [0.3, 0.4) is 0 Å². The van der Waals surface area contributed by atoms with Crippen molar-refractivity contribution in [3.8, 4) is 0 Å². The lowest BCUT2D eigenvalue weighted by Crippen LogP contribution is -2.33. The van der Waals surface area contributed by atoms with Gasteiger partial charge in [-0.15, -0.1) is 11.3 Å². The average Bonchev–Trinajstić information content (AvgIpc) is 2.81. The molecule has 0 aromatic carbocycles. The van der Waals surface area contributed by atoms with Crippen LogP contribution in [0, 0.1) is 0 Å². The van der Waals surface area contributed by atoms with Crippen LogP contribution in [0.25, 0.3) is 10.2 Å². The molecular weight excluding hydrogens is 330 g/mol. The minimum absolute atomic E-state index is 0.172. The molecule has 0 atom stereocenters. The molecule has 7 nitrogen and oxygen atoms in total. The van der Waals surface area contributed by atoms with E-state index in [1.54, 1.807) is 6.92 Å². The summed E-state index contributed by atoms with van der Waals surface area (Å²) in [6, 6.07) is 0. The molecule has 0 saturated heterocycles. The molecule has 8 heteroatoms. The standard InChI is InChI=1S/C16H19N3O4S/c1-4-22-15(21)9-7-6-23-16(2,3)5-8(7)19-14-10(9)11(17)12(24-14)13(18)20/h4-6,17H2,1-3H3,(H2,18,20). The van der Waals surface area contributed by atoms with E-state index in [0.717, 1.165) is 17.0 Å². The van der Waals surface area contributed by atoms with E-state index < -0.39 is 11.9 Å². The second-order valence-corrected chi connectivity index (χ2v) is 7.25. The van der Waals surface area contributed by atoms with E-state index in [1.165, 1.54) is 0 Å². The maximum absolute atomic E-state index is 12.6. The number of anilines is 1. The number of pyridine rings is 1. The number of carbonyl (C=O) groups is 2. The summed E-state index contributed by atoms with van der Waals surface area (Å²) in [5.41, 5.74) is 13.0. The van der Waals surface area contributed by atoms with Gasteiger partial charge < -0.3 is 20.9 Å². The van der Waals surface area contributed by atoms with E-state index in [4.69, 9.17) is 20.9 Å². The van der Waals surface area contributed by atoms with Crippen molar-refractivity contribution in [3.05, 3.63) is 21.7 Å². The third kappa shape index (κ3) is 2.61. The largest absolute Gasteiger partial charge is 0.462 e. The number of esters is 1. The summed E-state index contributed by atoms with van der Waals surface area (Å²) >= 11 is 1.10. The lowest BCUT2D eigenvalue weighted by molar-refractivity contribution is -0.0416. The van der Waals surface area contributed by atoms with Crippen molar-refractivity contribution in [3.63, 3.8) is 0 Å². The van der Waals surface area contributed by atoms with Gasteiger partial charge in [0.2, 0.25) is 0 Å². The molecule has 0 fully saturated rings. The smallest absolute Gasteiger partial charge is 0.339 e. The Morgan fingerprint density at radius 1 is 1.42 bits per heavy atom. The van der Waals surface area contributed by atoms with Crippen LogP contribution < -0.4 is 11.5 Å². The first-order valence-electron chi connectivity index (χ1n) is 7.59. The van der Waals surface area contributed by atoms with Crippen LogP contribution >= 0.6 is 11.3 Å². The highest BCUT2D eigenvalue weighted by atomic mass is 32.1. The highest BCUT2D eigenvalue weighted by Crippen LogP contribution is 2.40. The maximum atomic E-state index is 12.6. The summed E-state index contributed by atoms with van der Waals surface area (Å²) in [5, 5.41) is 0.425. The minimum atomic E-state index is -0.639. The topological polar surface area (TPSA) is 118 Å². The van der Waals surface area contributed by atoms with Crippen molar-refractivity contribution in [1.82, 2.24) is 4.98 Å². The number of ether oxygens (including phenoxy) is 2. The van der Waals surface area contributed by atoms with Crippen molar-refractivity contribution in [2.75, 3.05) is 12.3 Å². The Hall–Kier alpha value is -2.19. The highest BCUT2D eigenvalue weighted by Gasteiger charge is 2.33. The number of nitrogens with zero attached hydrogens (tertiary/aromatic N) is 1. The van der Waals surface area contributed by atoms with Crippen LogP contribution in [0.2, 0.25) is 0 Å². The van der Waals surface area contributed by atoms with E-state index in [1.807, 2.05) is 13.8 Å². The van der Waals surface area contributed by atoms with Crippen LogP contribution in [-0.2, 0) is 22.5 Å². The van der Waals surface area contributed by atoms with Gasteiger partial charge >= 0.3 is 5.97 Å². The van der Waals surface area contributed by atoms with Gasteiger partial charge in [-0.05, 0) is 20.8 Å². The molecule has 128 valence electrons. The van der Waals surface area contributed by atoms with E-state index in [0.29, 0.717) is 27.8 Å². The van der Waals surface area contributed by atoms with Gasteiger partial charge in [-0.25, -0.2) is 9.78 Å². The number of hydrogen-bond acceptors (Lipinski definition) is 7. The first-order chi connectivity index (χ1) is 11.2. The molecule has 0 spiro atoms. The molecule has 1 amide bonds. The molecule has 0 aliphatic carbocycles. The second kappa shape index (κ2) is 5.71.